The number of hydrogen-bond donors (Lipinski definition) is 3. The van der Waals surface area contributed by atoms with E-state index in [9.17, 15) is 34.2 Å². The highest BCUT2D eigenvalue weighted by atomic mass is 16.6. The van der Waals surface area contributed by atoms with Gasteiger partial charge in [-0.1, -0.05) is 80.2 Å². The minimum atomic E-state index is -0.907. The number of nitrogens with zero attached hydrogens (tertiary/aromatic N) is 5. The van der Waals surface area contributed by atoms with E-state index in [1.807, 2.05) is 91.0 Å². The number of amides is 3. The molecule has 0 spiro atoms. The molecule has 4 unspecified atom stereocenters. The fourth-order valence-corrected chi connectivity index (χ4v) is 12.2. The molecule has 0 saturated carbocycles. The normalized spacial score (nSPS) is 19.4. The van der Waals surface area contributed by atoms with E-state index >= 15 is 0 Å². The van der Waals surface area contributed by atoms with Gasteiger partial charge in [0.05, 0.1) is 78.1 Å². The molecule has 0 aliphatic carbocycles. The van der Waals surface area contributed by atoms with Crippen LogP contribution in [-0.4, -0.2) is 87.5 Å². The summed E-state index contributed by atoms with van der Waals surface area (Å²) in [5, 5.41) is 32.2. The number of carbonyl (C=O) groups is 5. The van der Waals surface area contributed by atoms with E-state index in [1.54, 1.807) is 0 Å². The average Bonchev–Trinajstić information content (AvgIpc) is 4.17. The van der Waals surface area contributed by atoms with E-state index in [4.69, 9.17) is 9.47 Å². The number of hydrogen-bond acceptors (Lipinski definition) is 9. The van der Waals surface area contributed by atoms with Crippen molar-refractivity contribution in [1.29, 1.82) is 0 Å². The molecular formula is C55H48N6O9. The first-order chi connectivity index (χ1) is 33.4. The molecule has 0 saturated heterocycles. The van der Waals surface area contributed by atoms with Crippen molar-refractivity contribution >= 4 is 117 Å². The van der Waals surface area contributed by atoms with Gasteiger partial charge in [0.25, 0.3) is 11.8 Å². The van der Waals surface area contributed by atoms with Crippen molar-refractivity contribution in [3.05, 3.63) is 119 Å². The highest BCUT2D eigenvalue weighted by Gasteiger charge is 2.41. The second-order valence-electron chi connectivity index (χ2n) is 18.6. The first-order valence-corrected chi connectivity index (χ1v) is 23.2. The maximum Gasteiger partial charge on any atom is 0.303 e. The van der Waals surface area contributed by atoms with Gasteiger partial charge in [-0.2, -0.15) is 0 Å². The molecule has 4 aliphatic rings. The molecule has 3 amide bonds. The molecule has 6 aromatic carbocycles. The molecule has 4 aliphatic heterocycles. The Hall–Kier alpha value is -8.01. The fourth-order valence-electron chi connectivity index (χ4n) is 12.2. The Balaban J connectivity index is 0.000000147. The number of carbonyl (C=O) groups excluding carboxylic acids is 5. The summed E-state index contributed by atoms with van der Waals surface area (Å²) in [7, 11) is 0. The van der Waals surface area contributed by atoms with Crippen LogP contribution in [0.25, 0.3) is 87.2 Å². The van der Waals surface area contributed by atoms with Crippen molar-refractivity contribution in [2.45, 2.75) is 91.9 Å². The Morgan fingerprint density at radius 1 is 0.529 bits per heavy atom. The molecule has 0 fully saturated rings. The number of fused-ring (bicyclic) bond motifs is 18. The second-order valence-corrected chi connectivity index (χ2v) is 18.6. The van der Waals surface area contributed by atoms with Crippen molar-refractivity contribution in [2.24, 2.45) is 0 Å². The van der Waals surface area contributed by atoms with Gasteiger partial charge >= 0.3 is 11.9 Å². The smallest absolute Gasteiger partial charge is 0.303 e. The van der Waals surface area contributed by atoms with Gasteiger partial charge in [0.1, 0.15) is 0 Å². The highest BCUT2D eigenvalue weighted by molar-refractivity contribution is 6.33. The van der Waals surface area contributed by atoms with Gasteiger partial charge in [-0.25, -0.2) is 0 Å². The van der Waals surface area contributed by atoms with E-state index in [0.717, 1.165) is 104 Å². The Kier molecular flexibility index (Phi) is 9.59. The number of rotatable bonds is 2. The van der Waals surface area contributed by atoms with E-state index in [-0.39, 0.29) is 51.3 Å². The first kappa shape index (κ1) is 43.3. The number of aliphatic hydroxyl groups is 2. The largest absolute Gasteiger partial charge is 0.457 e. The predicted molar refractivity (Wildman–Crippen MR) is 266 cm³/mol. The molecule has 352 valence electrons. The van der Waals surface area contributed by atoms with Gasteiger partial charge in [0.15, 0.2) is 12.2 Å². The lowest BCUT2D eigenvalue weighted by Crippen LogP contribution is -2.41. The summed E-state index contributed by atoms with van der Waals surface area (Å²) in [5.41, 5.74) is 10.6. The zero-order valence-electron chi connectivity index (χ0n) is 37.8. The topological polar surface area (TPSA) is 179 Å². The molecule has 10 aromatic rings. The molecule has 0 bridgehead atoms. The van der Waals surface area contributed by atoms with Crippen molar-refractivity contribution in [3.63, 3.8) is 0 Å². The predicted octanol–water partition coefficient (Wildman–Crippen LogP) is 7.80. The monoisotopic (exact) mass is 936 g/mol. The van der Waals surface area contributed by atoms with Crippen LogP contribution in [0, 0.1) is 0 Å². The fraction of sp³-hybridized carbons (Fsp3) is 0.255. The molecule has 3 N–H and O–H groups in total. The molecule has 0 radical (unpaired) electrons. The van der Waals surface area contributed by atoms with E-state index < -0.39 is 36.4 Å². The Bertz CT molecular complexity index is 4000. The number of nitrogens with one attached hydrogen (secondary N) is 1. The summed E-state index contributed by atoms with van der Waals surface area (Å²) < 4.78 is 19.9. The maximum atomic E-state index is 13.8. The molecule has 4 atom stereocenters. The maximum absolute atomic E-state index is 13.8. The number of aromatic nitrogens is 4. The van der Waals surface area contributed by atoms with Crippen molar-refractivity contribution < 1.29 is 43.7 Å². The van der Waals surface area contributed by atoms with Gasteiger partial charge in [0, 0.05) is 92.5 Å². The highest BCUT2D eigenvalue weighted by Crippen LogP contribution is 2.49. The number of imide groups is 1. The lowest BCUT2D eigenvalue weighted by Gasteiger charge is -2.30. The van der Waals surface area contributed by atoms with Gasteiger partial charge in [-0.05, 0) is 35.4 Å². The molecular weight excluding hydrogens is 889 g/mol. The van der Waals surface area contributed by atoms with E-state index in [1.165, 1.54) is 25.7 Å². The van der Waals surface area contributed by atoms with Crippen LogP contribution >= 0.6 is 0 Å². The number of ether oxygens (including phenoxy) is 2. The quantitative estimate of drug-likeness (QED) is 0.146. The van der Waals surface area contributed by atoms with Crippen LogP contribution in [0.2, 0.25) is 0 Å². The third-order valence-electron chi connectivity index (χ3n) is 14.8. The molecule has 14 rings (SSSR count). The van der Waals surface area contributed by atoms with Gasteiger partial charge in [-0.15, -0.1) is 0 Å². The van der Waals surface area contributed by atoms with Crippen LogP contribution in [0.15, 0.2) is 97.1 Å². The third-order valence-corrected chi connectivity index (χ3v) is 14.8. The minimum Gasteiger partial charge on any atom is -0.457 e. The van der Waals surface area contributed by atoms with Crippen LogP contribution < -0.4 is 5.32 Å². The van der Waals surface area contributed by atoms with E-state index in [2.05, 4.69) is 29.7 Å². The molecule has 15 heteroatoms. The SMILES string of the molecule is C.CC(=O)OC1Cn2c3ccccc3c3c4c(c5c6ccccc6n(c5c32)CC1OC(C)=O)C(=O)N(C(C)=O)C4.O=C1NCc2c1c1c3ccccc3n3c1c1c2c2ccccc2n1CC(O)C(O)C3. The molecule has 15 nitrogen and oxygen atoms in total. The summed E-state index contributed by atoms with van der Waals surface area (Å²) in [6.07, 6.45) is -3.32. The van der Waals surface area contributed by atoms with Crippen LogP contribution in [0.3, 0.4) is 0 Å². The van der Waals surface area contributed by atoms with Crippen molar-refractivity contribution in [1.82, 2.24) is 28.5 Å². The van der Waals surface area contributed by atoms with Crippen molar-refractivity contribution in [2.75, 3.05) is 0 Å². The minimum absolute atomic E-state index is 0. The lowest BCUT2D eigenvalue weighted by atomic mass is 9.97. The summed E-state index contributed by atoms with van der Waals surface area (Å²) in [6, 6.07) is 31.8. The lowest BCUT2D eigenvalue weighted by molar-refractivity contribution is -0.167. The summed E-state index contributed by atoms with van der Waals surface area (Å²) in [4.78, 5) is 65.1. The van der Waals surface area contributed by atoms with Crippen LogP contribution in [-0.2, 0) is 63.1 Å². The number of benzene rings is 6. The second kappa shape index (κ2) is 15.5. The van der Waals surface area contributed by atoms with Gasteiger partial charge in [0.2, 0.25) is 5.91 Å². The average molecular weight is 937 g/mol. The van der Waals surface area contributed by atoms with Crippen LogP contribution in [0.4, 0.5) is 0 Å². The van der Waals surface area contributed by atoms with Gasteiger partial charge < -0.3 is 43.3 Å². The third kappa shape index (κ3) is 5.84. The standard InChI is InChI=1S/C30H25N3O6.C24H19N3O3.CH4/c1-15(34)31-12-20-25-18-8-4-6-10-21(18)32-13-23(38-16(2)35)24(39-17(3)36)14-33-22-11-7-5-9-19(22)26(27(20)30(31)37)29(33)28(25)32;28-17-10-26-15-7-3-1-5-12(15)19-14-9-25-24(30)21(14)20-13-6-2-4-8-16(13)27(11-18(17)29)23(20)22(19)26;/h4-11,23-24H,12-14H2,1-3H3;1-8,17-18,28-29H,9-11H2,(H,25,30);1H4. The molecule has 8 heterocycles. The number of esters is 2. The molecule has 70 heavy (non-hydrogen) atoms. The summed E-state index contributed by atoms with van der Waals surface area (Å²) in [5.74, 6) is -1.61. The number of para-hydroxylation sites is 4. The molecule has 4 aromatic heterocycles. The summed E-state index contributed by atoms with van der Waals surface area (Å²) >= 11 is 0. The van der Waals surface area contributed by atoms with Crippen molar-refractivity contribution in [3.8, 4) is 0 Å². The zero-order valence-corrected chi connectivity index (χ0v) is 37.8. The van der Waals surface area contributed by atoms with E-state index in [0.29, 0.717) is 18.7 Å². The summed E-state index contributed by atoms with van der Waals surface area (Å²) in [6.45, 7) is 5.84. The first-order valence-electron chi connectivity index (χ1n) is 23.2. The Morgan fingerprint density at radius 2 is 0.900 bits per heavy atom. The van der Waals surface area contributed by atoms with Gasteiger partial charge in [-0.3, -0.25) is 28.9 Å². The van der Waals surface area contributed by atoms with Crippen LogP contribution in [0.1, 0.15) is 60.0 Å². The Morgan fingerprint density at radius 3 is 1.33 bits per heavy atom. The Labute approximate surface area is 398 Å². The zero-order chi connectivity index (χ0) is 47.3. The van der Waals surface area contributed by atoms with Crippen LogP contribution in [0.5, 0.6) is 0 Å². The number of aliphatic hydroxyl groups excluding tert-OH is 2.